The fourth-order valence-corrected chi connectivity index (χ4v) is 4.17. The van der Waals surface area contributed by atoms with Crippen molar-refractivity contribution >= 4 is 17.7 Å². The second-order valence-electron chi connectivity index (χ2n) is 10.2. The van der Waals surface area contributed by atoms with Gasteiger partial charge in [0, 0.05) is 38.4 Å². The molecule has 5 nitrogen and oxygen atoms in total. The summed E-state index contributed by atoms with van der Waals surface area (Å²) >= 11 is 0. The van der Waals surface area contributed by atoms with Crippen LogP contribution in [0.1, 0.15) is 43.0 Å². The van der Waals surface area contributed by atoms with Crippen LogP contribution in [0.2, 0.25) is 0 Å². The van der Waals surface area contributed by atoms with Crippen LogP contribution in [0.5, 0.6) is 0 Å². The summed E-state index contributed by atoms with van der Waals surface area (Å²) in [6, 6.07) is 14.6. The maximum absolute atomic E-state index is 12.5. The standard InChI is InChI=1S/C28H39N3O2/c1-21-7-6-8-22(2)27(21)29-26(33)20-31-17-15-30(16-18-31)19-25(32)14-11-23-9-12-24(13-10-23)28(3,4)5/h6-14,25,32H,15-20H2,1-5H3,(H,29,33)/b14-11+. The van der Waals surface area contributed by atoms with Gasteiger partial charge in [-0.25, -0.2) is 0 Å². The van der Waals surface area contributed by atoms with Crippen molar-refractivity contribution in [2.45, 2.75) is 46.1 Å². The predicted octanol–water partition coefficient (Wildman–Crippen LogP) is 4.23. The summed E-state index contributed by atoms with van der Waals surface area (Å²) in [5.41, 5.74) is 5.64. The van der Waals surface area contributed by atoms with Crippen molar-refractivity contribution in [2.24, 2.45) is 0 Å². The largest absolute Gasteiger partial charge is 0.388 e. The van der Waals surface area contributed by atoms with Gasteiger partial charge >= 0.3 is 0 Å². The van der Waals surface area contributed by atoms with E-state index in [0.29, 0.717) is 13.1 Å². The van der Waals surface area contributed by atoms with Gasteiger partial charge < -0.3 is 10.4 Å². The maximum atomic E-state index is 12.5. The Labute approximate surface area is 199 Å². The van der Waals surface area contributed by atoms with Crippen LogP contribution in [0.3, 0.4) is 0 Å². The number of carbonyl (C=O) groups is 1. The Hall–Kier alpha value is -2.47. The van der Waals surface area contributed by atoms with Crippen LogP contribution >= 0.6 is 0 Å². The van der Waals surface area contributed by atoms with Gasteiger partial charge in [0.25, 0.3) is 0 Å². The van der Waals surface area contributed by atoms with E-state index in [1.807, 2.05) is 44.2 Å². The van der Waals surface area contributed by atoms with E-state index in [2.05, 4.69) is 60.2 Å². The van der Waals surface area contributed by atoms with Crippen molar-refractivity contribution in [1.29, 1.82) is 0 Å². The second-order valence-corrected chi connectivity index (χ2v) is 10.2. The number of para-hydroxylation sites is 1. The number of nitrogens with zero attached hydrogens (tertiary/aromatic N) is 2. The number of aliphatic hydroxyl groups excluding tert-OH is 1. The zero-order valence-corrected chi connectivity index (χ0v) is 20.8. The fraction of sp³-hybridized carbons (Fsp3) is 0.464. The van der Waals surface area contributed by atoms with Crippen molar-refractivity contribution in [3.8, 4) is 0 Å². The first kappa shape index (κ1) is 25.2. The lowest BCUT2D eigenvalue weighted by Gasteiger charge is -2.34. The monoisotopic (exact) mass is 449 g/mol. The van der Waals surface area contributed by atoms with Gasteiger partial charge in [-0.3, -0.25) is 14.6 Å². The molecule has 1 aliphatic rings. The molecule has 0 radical (unpaired) electrons. The quantitative estimate of drug-likeness (QED) is 0.664. The van der Waals surface area contributed by atoms with Crippen molar-refractivity contribution in [3.63, 3.8) is 0 Å². The van der Waals surface area contributed by atoms with Gasteiger partial charge in [0.05, 0.1) is 12.6 Å². The molecule has 0 spiro atoms. The predicted molar refractivity (Wildman–Crippen MR) is 138 cm³/mol. The normalized spacial score (nSPS) is 16.8. The molecule has 1 heterocycles. The van der Waals surface area contributed by atoms with Gasteiger partial charge in [0.15, 0.2) is 0 Å². The zero-order valence-electron chi connectivity index (χ0n) is 20.8. The van der Waals surface area contributed by atoms with Gasteiger partial charge in [0.2, 0.25) is 5.91 Å². The number of rotatable bonds is 7. The number of β-amino-alcohol motifs (C(OH)–C–C–N with tert-alkyl or cyclic N) is 1. The molecule has 2 N–H and O–H groups in total. The minimum absolute atomic E-state index is 0.0290. The number of benzene rings is 2. The first-order valence-electron chi connectivity index (χ1n) is 11.9. The van der Waals surface area contributed by atoms with Crippen LogP contribution in [-0.2, 0) is 10.2 Å². The highest BCUT2D eigenvalue weighted by Crippen LogP contribution is 2.22. The first-order chi connectivity index (χ1) is 15.6. The number of nitrogens with one attached hydrogen (secondary N) is 1. The number of piperazine rings is 1. The molecule has 1 aliphatic heterocycles. The lowest BCUT2D eigenvalue weighted by Crippen LogP contribution is -2.50. The van der Waals surface area contributed by atoms with Crippen LogP contribution in [0.4, 0.5) is 5.69 Å². The number of aliphatic hydroxyl groups is 1. The summed E-state index contributed by atoms with van der Waals surface area (Å²) in [5.74, 6) is 0.0290. The third-order valence-corrected chi connectivity index (χ3v) is 6.31. The highest BCUT2D eigenvalue weighted by molar-refractivity contribution is 5.93. The van der Waals surface area contributed by atoms with Crippen LogP contribution < -0.4 is 5.32 Å². The van der Waals surface area contributed by atoms with Gasteiger partial charge in [-0.05, 0) is 41.5 Å². The molecule has 33 heavy (non-hydrogen) atoms. The van der Waals surface area contributed by atoms with Crippen molar-refractivity contribution in [1.82, 2.24) is 9.80 Å². The minimum Gasteiger partial charge on any atom is -0.388 e. The first-order valence-corrected chi connectivity index (χ1v) is 11.9. The molecule has 1 atom stereocenters. The Morgan fingerprint density at radius 3 is 2.15 bits per heavy atom. The molecule has 1 amide bonds. The molecule has 178 valence electrons. The third-order valence-electron chi connectivity index (χ3n) is 6.31. The number of hydrogen-bond acceptors (Lipinski definition) is 4. The number of anilines is 1. The molecule has 2 aromatic carbocycles. The third kappa shape index (κ3) is 7.53. The van der Waals surface area contributed by atoms with E-state index in [-0.39, 0.29) is 11.3 Å². The summed E-state index contributed by atoms with van der Waals surface area (Å²) in [4.78, 5) is 17.0. The molecule has 3 rings (SSSR count). The number of hydrogen-bond donors (Lipinski definition) is 2. The van der Waals surface area contributed by atoms with Gasteiger partial charge in [-0.2, -0.15) is 0 Å². The average Bonchev–Trinajstić information content (AvgIpc) is 2.76. The van der Waals surface area contributed by atoms with E-state index < -0.39 is 6.10 Å². The number of carbonyl (C=O) groups excluding carboxylic acids is 1. The molecule has 0 aromatic heterocycles. The van der Waals surface area contributed by atoms with Crippen LogP contribution in [0.25, 0.3) is 6.08 Å². The van der Waals surface area contributed by atoms with Crippen LogP contribution in [0, 0.1) is 13.8 Å². The molecule has 1 saturated heterocycles. The smallest absolute Gasteiger partial charge is 0.238 e. The van der Waals surface area contributed by atoms with E-state index in [4.69, 9.17) is 0 Å². The molecule has 1 unspecified atom stereocenters. The molecule has 0 aliphatic carbocycles. The van der Waals surface area contributed by atoms with Gasteiger partial charge in [0.1, 0.15) is 0 Å². The Kier molecular flexibility index (Phi) is 8.46. The van der Waals surface area contributed by atoms with Crippen LogP contribution in [-0.4, -0.2) is 66.2 Å². The molecular formula is C28H39N3O2. The SMILES string of the molecule is Cc1cccc(C)c1NC(=O)CN1CCN(CC(O)/C=C/c2ccc(C(C)(C)C)cc2)CC1. The highest BCUT2D eigenvalue weighted by Gasteiger charge is 2.20. The molecule has 2 aromatic rings. The van der Waals surface area contributed by atoms with Crippen molar-refractivity contribution in [2.75, 3.05) is 44.6 Å². The molecule has 5 heteroatoms. The summed E-state index contributed by atoms with van der Waals surface area (Å²) < 4.78 is 0. The lowest BCUT2D eigenvalue weighted by molar-refractivity contribution is -0.117. The Morgan fingerprint density at radius 2 is 1.58 bits per heavy atom. The maximum Gasteiger partial charge on any atom is 0.238 e. The molecule has 0 bridgehead atoms. The topological polar surface area (TPSA) is 55.8 Å². The van der Waals surface area contributed by atoms with E-state index in [9.17, 15) is 9.90 Å². The van der Waals surface area contributed by atoms with Crippen molar-refractivity contribution in [3.05, 3.63) is 70.8 Å². The summed E-state index contributed by atoms with van der Waals surface area (Å²) in [6.45, 7) is 15.0. The lowest BCUT2D eigenvalue weighted by atomic mass is 9.87. The van der Waals surface area contributed by atoms with E-state index in [0.717, 1.165) is 48.6 Å². The van der Waals surface area contributed by atoms with E-state index >= 15 is 0 Å². The zero-order chi connectivity index (χ0) is 24.0. The molecular weight excluding hydrogens is 410 g/mol. The summed E-state index contributed by atoms with van der Waals surface area (Å²) in [7, 11) is 0. The van der Waals surface area contributed by atoms with Crippen molar-refractivity contribution < 1.29 is 9.90 Å². The van der Waals surface area contributed by atoms with E-state index in [1.54, 1.807) is 0 Å². The van der Waals surface area contributed by atoms with Gasteiger partial charge in [-0.1, -0.05) is 75.4 Å². The number of amides is 1. The second kappa shape index (κ2) is 11.1. The Balaban J connectivity index is 1.41. The fourth-order valence-electron chi connectivity index (χ4n) is 4.17. The summed E-state index contributed by atoms with van der Waals surface area (Å²) in [6.07, 6.45) is 3.35. The minimum atomic E-state index is -0.508. The van der Waals surface area contributed by atoms with E-state index in [1.165, 1.54) is 5.56 Å². The Bertz CT molecular complexity index is 932. The molecule has 0 saturated carbocycles. The molecule has 1 fully saturated rings. The Morgan fingerprint density at radius 1 is 1.00 bits per heavy atom. The van der Waals surface area contributed by atoms with Crippen LogP contribution in [0.15, 0.2) is 48.5 Å². The van der Waals surface area contributed by atoms with Gasteiger partial charge in [-0.15, -0.1) is 0 Å². The average molecular weight is 450 g/mol. The number of aryl methyl sites for hydroxylation is 2. The summed E-state index contributed by atoms with van der Waals surface area (Å²) in [5, 5.41) is 13.5. The highest BCUT2D eigenvalue weighted by atomic mass is 16.3.